The molecule has 0 spiro atoms. The smallest absolute Gasteiger partial charge is 0.276 e. The lowest BCUT2D eigenvalue weighted by atomic mass is 10.1. The van der Waals surface area contributed by atoms with Crippen molar-refractivity contribution in [3.8, 4) is 0 Å². The highest BCUT2D eigenvalue weighted by atomic mass is 16.7. The Morgan fingerprint density at radius 3 is 2.42 bits per heavy atom. The number of hydrogen-bond donors (Lipinski definition) is 1. The van der Waals surface area contributed by atoms with Crippen LogP contribution in [0, 0.1) is 0 Å². The minimum absolute atomic E-state index is 0.425. The van der Waals surface area contributed by atoms with Gasteiger partial charge in [-0.15, -0.1) is 0 Å². The van der Waals surface area contributed by atoms with Crippen LogP contribution in [0.15, 0.2) is 30.8 Å². The van der Waals surface area contributed by atoms with Crippen molar-refractivity contribution in [1.82, 2.24) is 0 Å². The van der Waals surface area contributed by atoms with Crippen molar-refractivity contribution < 1.29 is 15.5 Å². The van der Waals surface area contributed by atoms with Crippen molar-refractivity contribution in [3.05, 3.63) is 42.0 Å². The second-order valence-corrected chi connectivity index (χ2v) is 2.26. The Hall–Kier alpha value is -1.61. The van der Waals surface area contributed by atoms with Crippen molar-refractivity contribution >= 4 is 12.0 Å². The summed E-state index contributed by atoms with van der Waals surface area (Å²) in [4.78, 5) is 15.2. The molecule has 0 aliphatic rings. The van der Waals surface area contributed by atoms with E-state index >= 15 is 0 Å². The highest BCUT2D eigenvalue weighted by molar-refractivity contribution is 5.88. The van der Waals surface area contributed by atoms with Crippen LogP contribution in [0.5, 0.6) is 0 Å². The minimum atomic E-state index is -0.425. The summed E-state index contributed by atoms with van der Waals surface area (Å²) in [6.07, 6.45) is 1.71. The molecular weight excluding hydrogens is 154 g/mol. The molecule has 0 atom stereocenters. The van der Waals surface area contributed by atoms with Crippen molar-refractivity contribution in [2.75, 3.05) is 0 Å². The zero-order chi connectivity index (χ0) is 8.97. The molecule has 3 heteroatoms. The summed E-state index contributed by atoms with van der Waals surface area (Å²) < 4.78 is 0. The molecule has 1 aromatic rings. The van der Waals surface area contributed by atoms with Crippen molar-refractivity contribution in [1.29, 1.82) is 0 Å². The predicted molar refractivity (Wildman–Crippen MR) is 44.8 cm³/mol. The van der Waals surface area contributed by atoms with Crippen LogP contribution in [0.25, 0.3) is 6.08 Å². The average Bonchev–Trinajstić information content (AvgIpc) is 2.17. The molecule has 0 bridgehead atoms. The molecule has 0 unspecified atom stereocenters. The van der Waals surface area contributed by atoms with Crippen molar-refractivity contribution in [2.24, 2.45) is 0 Å². The highest BCUT2D eigenvalue weighted by Crippen LogP contribution is 2.05. The van der Waals surface area contributed by atoms with E-state index in [1.165, 1.54) is 0 Å². The van der Waals surface area contributed by atoms with E-state index in [1.807, 2.05) is 0 Å². The molecule has 3 nitrogen and oxygen atoms in total. The standard InChI is InChI=1S/C9H10NO2/c1-2-7-3-5-8(6-4-7)9(11)12-10/h2-6H,1H2,10H3/q+1. The van der Waals surface area contributed by atoms with E-state index < -0.39 is 5.97 Å². The molecule has 0 fully saturated rings. The predicted octanol–water partition coefficient (Wildman–Crippen LogP) is 0.643. The summed E-state index contributed by atoms with van der Waals surface area (Å²) in [7, 11) is 0. The zero-order valence-electron chi connectivity index (χ0n) is 6.62. The van der Waals surface area contributed by atoms with Gasteiger partial charge in [0.15, 0.2) is 0 Å². The van der Waals surface area contributed by atoms with E-state index in [1.54, 1.807) is 30.3 Å². The van der Waals surface area contributed by atoms with E-state index in [0.29, 0.717) is 5.56 Å². The summed E-state index contributed by atoms with van der Waals surface area (Å²) in [5.74, 6) is 2.61. The Kier molecular flexibility index (Phi) is 2.61. The first-order valence-electron chi connectivity index (χ1n) is 3.47. The lowest BCUT2D eigenvalue weighted by Gasteiger charge is -1.95. The Balaban J connectivity index is 2.91. The van der Waals surface area contributed by atoms with Gasteiger partial charge in [-0.2, -0.15) is 5.90 Å². The maximum Gasteiger partial charge on any atom is 0.397 e. The fourth-order valence-electron chi connectivity index (χ4n) is 0.839. The monoisotopic (exact) mass is 164 g/mol. The van der Waals surface area contributed by atoms with Gasteiger partial charge in [0, 0.05) is 0 Å². The normalized spacial score (nSPS) is 9.08. The molecule has 0 saturated heterocycles. The van der Waals surface area contributed by atoms with Crippen LogP contribution >= 0.6 is 0 Å². The molecule has 0 aromatic heterocycles. The average molecular weight is 164 g/mol. The highest BCUT2D eigenvalue weighted by Gasteiger charge is 2.05. The van der Waals surface area contributed by atoms with Gasteiger partial charge in [0.25, 0.3) is 0 Å². The number of quaternary nitrogens is 1. The van der Waals surface area contributed by atoms with Gasteiger partial charge in [0.1, 0.15) is 0 Å². The Labute approximate surface area is 70.4 Å². The third-order valence-corrected chi connectivity index (χ3v) is 1.51. The molecule has 0 amide bonds. The molecule has 3 N–H and O–H groups in total. The lowest BCUT2D eigenvalue weighted by molar-refractivity contribution is -0.653. The molecule has 0 saturated carbocycles. The summed E-state index contributed by atoms with van der Waals surface area (Å²) in [6, 6.07) is 6.92. The number of carbonyl (C=O) groups excluding carboxylic acids is 1. The van der Waals surface area contributed by atoms with Gasteiger partial charge in [0.05, 0.1) is 5.56 Å². The van der Waals surface area contributed by atoms with Crippen LogP contribution in [-0.2, 0) is 4.84 Å². The van der Waals surface area contributed by atoms with Crippen LogP contribution in [-0.4, -0.2) is 5.97 Å². The largest absolute Gasteiger partial charge is 0.397 e. The van der Waals surface area contributed by atoms with E-state index in [0.717, 1.165) is 5.56 Å². The molecule has 12 heavy (non-hydrogen) atoms. The van der Waals surface area contributed by atoms with Gasteiger partial charge in [0.2, 0.25) is 0 Å². The molecule has 0 heterocycles. The minimum Gasteiger partial charge on any atom is -0.276 e. The molecule has 0 aliphatic carbocycles. The number of carbonyl (C=O) groups is 1. The second-order valence-electron chi connectivity index (χ2n) is 2.26. The quantitative estimate of drug-likeness (QED) is 0.652. The molecule has 0 radical (unpaired) electrons. The van der Waals surface area contributed by atoms with E-state index in [2.05, 4.69) is 17.3 Å². The van der Waals surface area contributed by atoms with Crippen LogP contribution < -0.4 is 5.90 Å². The van der Waals surface area contributed by atoms with Crippen LogP contribution in [0.1, 0.15) is 15.9 Å². The SMILES string of the molecule is C=Cc1ccc(C(=O)O[NH3+])cc1. The number of hydrogen-bond acceptors (Lipinski definition) is 2. The summed E-state index contributed by atoms with van der Waals surface area (Å²) in [6.45, 7) is 3.60. The van der Waals surface area contributed by atoms with Crippen molar-refractivity contribution in [2.45, 2.75) is 0 Å². The fourth-order valence-corrected chi connectivity index (χ4v) is 0.839. The van der Waals surface area contributed by atoms with E-state index in [9.17, 15) is 4.79 Å². The van der Waals surface area contributed by atoms with Gasteiger partial charge in [-0.1, -0.05) is 24.8 Å². The molecule has 1 aromatic carbocycles. The summed E-state index contributed by atoms with van der Waals surface area (Å²) in [5, 5.41) is 0. The third kappa shape index (κ3) is 1.71. The Morgan fingerprint density at radius 2 is 2.00 bits per heavy atom. The molecule has 1 rings (SSSR count). The molecule has 0 aliphatic heterocycles. The lowest BCUT2D eigenvalue weighted by Crippen LogP contribution is -2.51. The van der Waals surface area contributed by atoms with Gasteiger partial charge in [-0.25, -0.2) is 4.79 Å². The van der Waals surface area contributed by atoms with Crippen molar-refractivity contribution in [3.63, 3.8) is 0 Å². The fraction of sp³-hybridized carbons (Fsp3) is 0. The maximum absolute atomic E-state index is 10.9. The van der Waals surface area contributed by atoms with Gasteiger partial charge in [-0.05, 0) is 17.7 Å². The molecule has 62 valence electrons. The Bertz CT molecular complexity index is 290. The van der Waals surface area contributed by atoms with Crippen LogP contribution in [0.4, 0.5) is 0 Å². The topological polar surface area (TPSA) is 53.9 Å². The summed E-state index contributed by atoms with van der Waals surface area (Å²) >= 11 is 0. The maximum atomic E-state index is 10.9. The van der Waals surface area contributed by atoms with E-state index in [-0.39, 0.29) is 0 Å². The first-order chi connectivity index (χ1) is 5.77. The van der Waals surface area contributed by atoms with Gasteiger partial charge >= 0.3 is 5.97 Å². The second kappa shape index (κ2) is 3.69. The van der Waals surface area contributed by atoms with Crippen LogP contribution in [0.3, 0.4) is 0 Å². The van der Waals surface area contributed by atoms with Crippen LogP contribution in [0.2, 0.25) is 0 Å². The van der Waals surface area contributed by atoms with E-state index in [4.69, 9.17) is 0 Å². The zero-order valence-corrected chi connectivity index (χ0v) is 6.62. The number of rotatable bonds is 2. The Morgan fingerprint density at radius 1 is 1.42 bits per heavy atom. The third-order valence-electron chi connectivity index (χ3n) is 1.51. The number of benzene rings is 1. The summed E-state index contributed by atoms with van der Waals surface area (Å²) in [5.41, 5.74) is 1.46. The first kappa shape index (κ1) is 8.49. The first-order valence-corrected chi connectivity index (χ1v) is 3.47. The van der Waals surface area contributed by atoms with Gasteiger partial charge < -0.3 is 0 Å². The van der Waals surface area contributed by atoms with Gasteiger partial charge in [-0.3, -0.25) is 4.84 Å². The molecular formula is C9H10NO2+.